The number of rotatable bonds is 6. The Morgan fingerprint density at radius 3 is 2.86 bits per heavy atom. The largest absolute Gasteiger partial charge is 0.491 e. The lowest BCUT2D eigenvalue weighted by atomic mass is 9.92. The highest BCUT2D eigenvalue weighted by molar-refractivity contribution is 5.76. The van der Waals surface area contributed by atoms with E-state index in [-0.39, 0.29) is 17.7 Å². The predicted octanol–water partition coefficient (Wildman–Crippen LogP) is 2.40. The van der Waals surface area contributed by atoms with Gasteiger partial charge in [-0.1, -0.05) is 25.0 Å². The van der Waals surface area contributed by atoms with Crippen molar-refractivity contribution in [2.75, 3.05) is 6.61 Å². The van der Waals surface area contributed by atoms with Crippen LogP contribution in [0.4, 0.5) is 4.39 Å². The molecule has 116 valence electrons. The lowest BCUT2D eigenvalue weighted by Crippen LogP contribution is -2.45. The molecule has 21 heavy (non-hydrogen) atoms. The average Bonchev–Trinajstić information content (AvgIpc) is 2.48. The summed E-state index contributed by atoms with van der Waals surface area (Å²) >= 11 is 0. The number of aliphatic hydroxyl groups is 1. The molecule has 2 atom stereocenters. The minimum Gasteiger partial charge on any atom is -0.491 e. The van der Waals surface area contributed by atoms with E-state index >= 15 is 0 Å². The van der Waals surface area contributed by atoms with E-state index in [1.807, 2.05) is 0 Å². The van der Waals surface area contributed by atoms with Crippen LogP contribution in [0.3, 0.4) is 0 Å². The first kappa shape index (κ1) is 15.8. The molecule has 1 aliphatic carbocycles. The number of ether oxygens (including phenoxy) is 1. The van der Waals surface area contributed by atoms with Crippen LogP contribution in [0, 0.1) is 5.82 Å². The first-order valence-corrected chi connectivity index (χ1v) is 7.51. The molecule has 0 spiro atoms. The van der Waals surface area contributed by atoms with E-state index in [9.17, 15) is 14.3 Å². The number of benzene rings is 1. The maximum atomic E-state index is 13.3. The third kappa shape index (κ3) is 5.01. The second-order valence-electron chi connectivity index (χ2n) is 5.41. The Labute approximate surface area is 124 Å². The SMILES string of the molecule is O=C(CCCOc1ccccc1F)NC1CCCCC1O. The summed E-state index contributed by atoms with van der Waals surface area (Å²) < 4.78 is 18.6. The van der Waals surface area contributed by atoms with Crippen molar-refractivity contribution in [3.05, 3.63) is 30.1 Å². The van der Waals surface area contributed by atoms with Crippen LogP contribution in [0.15, 0.2) is 24.3 Å². The molecule has 0 aromatic heterocycles. The lowest BCUT2D eigenvalue weighted by Gasteiger charge is -2.28. The van der Waals surface area contributed by atoms with Crippen molar-refractivity contribution < 1.29 is 19.0 Å². The summed E-state index contributed by atoms with van der Waals surface area (Å²) in [6.45, 7) is 0.293. The van der Waals surface area contributed by atoms with E-state index in [4.69, 9.17) is 4.74 Å². The highest BCUT2D eigenvalue weighted by Gasteiger charge is 2.24. The summed E-state index contributed by atoms with van der Waals surface area (Å²) in [6.07, 6.45) is 4.04. The van der Waals surface area contributed by atoms with E-state index in [2.05, 4.69) is 5.32 Å². The molecule has 1 amide bonds. The van der Waals surface area contributed by atoms with Gasteiger partial charge >= 0.3 is 0 Å². The molecular weight excluding hydrogens is 273 g/mol. The lowest BCUT2D eigenvalue weighted by molar-refractivity contribution is -0.123. The predicted molar refractivity (Wildman–Crippen MR) is 77.5 cm³/mol. The standard InChI is InChI=1S/C16H22FNO3/c17-12-6-1-4-9-15(12)21-11-5-10-16(20)18-13-7-2-3-8-14(13)19/h1,4,6,9,13-14,19H,2-3,5,7-8,10-11H2,(H,18,20). The first-order valence-electron chi connectivity index (χ1n) is 7.51. The summed E-state index contributed by atoms with van der Waals surface area (Å²) in [5, 5.41) is 12.6. The summed E-state index contributed by atoms with van der Waals surface area (Å²) in [5.41, 5.74) is 0. The topological polar surface area (TPSA) is 58.6 Å². The van der Waals surface area contributed by atoms with Crippen molar-refractivity contribution in [2.45, 2.75) is 50.7 Å². The number of carbonyl (C=O) groups excluding carboxylic acids is 1. The summed E-state index contributed by atoms with van der Waals surface area (Å²) in [5.74, 6) is -0.272. The van der Waals surface area contributed by atoms with Gasteiger partial charge in [0.2, 0.25) is 5.91 Å². The number of halogens is 1. The third-order valence-corrected chi connectivity index (χ3v) is 3.72. The summed E-state index contributed by atoms with van der Waals surface area (Å²) in [6, 6.07) is 6.08. The minimum atomic E-state index is -0.433. The minimum absolute atomic E-state index is 0.0851. The number of aliphatic hydroxyl groups excluding tert-OH is 1. The Kier molecular flexibility index (Phi) is 5.99. The smallest absolute Gasteiger partial charge is 0.220 e. The number of hydrogen-bond donors (Lipinski definition) is 2. The van der Waals surface area contributed by atoms with Crippen LogP contribution in [-0.4, -0.2) is 29.8 Å². The fourth-order valence-electron chi connectivity index (χ4n) is 2.54. The highest BCUT2D eigenvalue weighted by atomic mass is 19.1. The van der Waals surface area contributed by atoms with E-state index < -0.39 is 11.9 Å². The van der Waals surface area contributed by atoms with Gasteiger partial charge in [-0.15, -0.1) is 0 Å². The zero-order chi connectivity index (χ0) is 15.1. The van der Waals surface area contributed by atoms with E-state index in [1.54, 1.807) is 18.2 Å². The Morgan fingerprint density at radius 1 is 1.33 bits per heavy atom. The van der Waals surface area contributed by atoms with Crippen molar-refractivity contribution in [1.29, 1.82) is 0 Å². The number of para-hydroxylation sites is 1. The quantitative estimate of drug-likeness (QED) is 0.792. The van der Waals surface area contributed by atoms with Crippen LogP contribution >= 0.6 is 0 Å². The molecule has 1 aliphatic rings. The zero-order valence-electron chi connectivity index (χ0n) is 12.1. The Balaban J connectivity index is 1.64. The van der Waals surface area contributed by atoms with Gasteiger partial charge in [0.15, 0.2) is 11.6 Å². The molecule has 2 unspecified atom stereocenters. The summed E-state index contributed by atoms with van der Waals surface area (Å²) in [7, 11) is 0. The second-order valence-corrected chi connectivity index (χ2v) is 5.41. The van der Waals surface area contributed by atoms with Gasteiger partial charge in [0.1, 0.15) is 0 Å². The van der Waals surface area contributed by atoms with Crippen molar-refractivity contribution in [2.24, 2.45) is 0 Å². The molecule has 5 heteroatoms. The molecule has 1 aromatic rings. The number of hydrogen-bond acceptors (Lipinski definition) is 3. The van der Waals surface area contributed by atoms with Gasteiger partial charge in [-0.25, -0.2) is 4.39 Å². The van der Waals surface area contributed by atoms with Gasteiger partial charge in [0.05, 0.1) is 18.8 Å². The molecule has 0 bridgehead atoms. The monoisotopic (exact) mass is 295 g/mol. The Bertz CT molecular complexity index is 467. The molecule has 2 rings (SSSR count). The Hall–Kier alpha value is -1.62. The van der Waals surface area contributed by atoms with Gasteiger partial charge in [0.25, 0.3) is 0 Å². The molecule has 2 N–H and O–H groups in total. The average molecular weight is 295 g/mol. The van der Waals surface area contributed by atoms with Crippen LogP contribution < -0.4 is 10.1 Å². The van der Waals surface area contributed by atoms with Gasteiger partial charge < -0.3 is 15.2 Å². The first-order chi connectivity index (χ1) is 10.2. The molecule has 1 fully saturated rings. The molecular formula is C16H22FNO3. The molecule has 0 aliphatic heterocycles. The molecule has 1 aromatic carbocycles. The van der Waals surface area contributed by atoms with Crippen molar-refractivity contribution >= 4 is 5.91 Å². The Morgan fingerprint density at radius 2 is 2.10 bits per heavy atom. The fourth-order valence-corrected chi connectivity index (χ4v) is 2.54. The summed E-state index contributed by atoms with van der Waals surface area (Å²) in [4.78, 5) is 11.8. The molecule has 0 radical (unpaired) electrons. The maximum Gasteiger partial charge on any atom is 0.220 e. The van der Waals surface area contributed by atoms with Crippen LogP contribution in [0.1, 0.15) is 38.5 Å². The maximum absolute atomic E-state index is 13.3. The fraction of sp³-hybridized carbons (Fsp3) is 0.562. The normalized spacial score (nSPS) is 21.8. The van der Waals surface area contributed by atoms with Crippen molar-refractivity contribution in [1.82, 2.24) is 5.32 Å². The van der Waals surface area contributed by atoms with Crippen molar-refractivity contribution in [3.63, 3.8) is 0 Å². The van der Waals surface area contributed by atoms with Crippen molar-refractivity contribution in [3.8, 4) is 5.75 Å². The van der Waals surface area contributed by atoms with Crippen LogP contribution in [-0.2, 0) is 4.79 Å². The number of carbonyl (C=O) groups is 1. The molecule has 1 saturated carbocycles. The van der Waals surface area contributed by atoms with Crippen LogP contribution in [0.5, 0.6) is 5.75 Å². The van der Waals surface area contributed by atoms with Crippen LogP contribution in [0.25, 0.3) is 0 Å². The zero-order valence-corrected chi connectivity index (χ0v) is 12.1. The highest BCUT2D eigenvalue weighted by Crippen LogP contribution is 2.18. The second kappa shape index (κ2) is 7.98. The third-order valence-electron chi connectivity index (χ3n) is 3.72. The number of amides is 1. The van der Waals surface area contributed by atoms with E-state index in [0.717, 1.165) is 25.7 Å². The molecule has 0 heterocycles. The molecule has 4 nitrogen and oxygen atoms in total. The van der Waals surface area contributed by atoms with Gasteiger partial charge in [-0.3, -0.25) is 4.79 Å². The molecule has 0 saturated heterocycles. The van der Waals surface area contributed by atoms with E-state index in [1.165, 1.54) is 6.07 Å². The van der Waals surface area contributed by atoms with Crippen LogP contribution in [0.2, 0.25) is 0 Å². The van der Waals surface area contributed by atoms with Gasteiger partial charge in [0, 0.05) is 6.42 Å². The van der Waals surface area contributed by atoms with Gasteiger partial charge in [-0.05, 0) is 31.4 Å². The van der Waals surface area contributed by atoms with E-state index in [0.29, 0.717) is 19.4 Å². The number of nitrogens with one attached hydrogen (secondary N) is 1. The van der Waals surface area contributed by atoms with Gasteiger partial charge in [-0.2, -0.15) is 0 Å².